The molecular formula is C11H13N3O5S. The van der Waals surface area contributed by atoms with Crippen molar-refractivity contribution in [3.63, 3.8) is 0 Å². The van der Waals surface area contributed by atoms with Crippen molar-refractivity contribution in [2.45, 2.75) is 25.0 Å². The van der Waals surface area contributed by atoms with Crippen LogP contribution in [0.2, 0.25) is 0 Å². The summed E-state index contributed by atoms with van der Waals surface area (Å²) in [5.41, 5.74) is 0.869. The highest BCUT2D eigenvalue weighted by molar-refractivity contribution is 7.84. The Balaban J connectivity index is 1.86. The Morgan fingerprint density at radius 2 is 2.30 bits per heavy atom. The molecule has 0 radical (unpaired) electrons. The van der Waals surface area contributed by atoms with E-state index in [-0.39, 0.29) is 6.42 Å². The van der Waals surface area contributed by atoms with Gasteiger partial charge in [0.25, 0.3) is 0 Å². The van der Waals surface area contributed by atoms with Crippen LogP contribution < -0.4 is 5.14 Å². The number of aliphatic hydroxyl groups is 1. The molecule has 1 aliphatic heterocycles. The largest absolute Gasteiger partial charge is 0.388 e. The highest BCUT2D eigenvalue weighted by Crippen LogP contribution is 2.32. The van der Waals surface area contributed by atoms with E-state index in [4.69, 9.17) is 9.88 Å². The van der Waals surface area contributed by atoms with Gasteiger partial charge in [-0.2, -0.15) is 8.42 Å². The van der Waals surface area contributed by atoms with E-state index in [2.05, 4.69) is 9.17 Å². The number of nitrogens with two attached hydrogens (primary N) is 1. The van der Waals surface area contributed by atoms with E-state index in [0.29, 0.717) is 0 Å². The summed E-state index contributed by atoms with van der Waals surface area (Å²) in [6, 6.07) is 3.66. The summed E-state index contributed by atoms with van der Waals surface area (Å²) in [7, 11) is -4.18. The van der Waals surface area contributed by atoms with Crippen molar-refractivity contribution < 1.29 is 22.4 Å². The zero-order chi connectivity index (χ0) is 14.3. The van der Waals surface area contributed by atoms with Gasteiger partial charge in [0.1, 0.15) is 12.3 Å². The van der Waals surface area contributed by atoms with E-state index in [1.165, 1.54) is 0 Å². The molecule has 3 heterocycles. The Hall–Kier alpha value is -1.52. The predicted molar refractivity (Wildman–Crippen MR) is 68.5 cm³/mol. The minimum Gasteiger partial charge on any atom is -0.388 e. The van der Waals surface area contributed by atoms with E-state index in [1.807, 2.05) is 6.07 Å². The van der Waals surface area contributed by atoms with E-state index >= 15 is 0 Å². The number of aliphatic hydroxyl groups excluding tert-OH is 1. The normalized spacial score (nSPS) is 27.2. The van der Waals surface area contributed by atoms with Crippen LogP contribution in [0.15, 0.2) is 30.7 Å². The molecule has 1 saturated heterocycles. The third kappa shape index (κ3) is 2.53. The second kappa shape index (κ2) is 4.79. The fourth-order valence-corrected chi connectivity index (χ4v) is 2.71. The number of pyridine rings is 1. The molecule has 9 heteroatoms. The first-order valence-electron chi connectivity index (χ1n) is 5.89. The van der Waals surface area contributed by atoms with Gasteiger partial charge in [0.2, 0.25) is 6.29 Å². The number of fused-ring (bicyclic) bond motifs is 1. The van der Waals surface area contributed by atoms with Crippen LogP contribution in [0.4, 0.5) is 0 Å². The van der Waals surface area contributed by atoms with Gasteiger partial charge in [0.15, 0.2) is 0 Å². The summed E-state index contributed by atoms with van der Waals surface area (Å²) in [6.45, 7) is 0. The molecule has 0 spiro atoms. The van der Waals surface area contributed by atoms with Crippen LogP contribution in [0.3, 0.4) is 0 Å². The van der Waals surface area contributed by atoms with Crippen molar-refractivity contribution in [1.29, 1.82) is 0 Å². The third-order valence-corrected chi connectivity index (χ3v) is 3.57. The van der Waals surface area contributed by atoms with Gasteiger partial charge in [0.05, 0.1) is 5.52 Å². The van der Waals surface area contributed by atoms with E-state index in [0.717, 1.165) is 10.9 Å². The van der Waals surface area contributed by atoms with Gasteiger partial charge in [-0.3, -0.25) is 4.98 Å². The van der Waals surface area contributed by atoms with Gasteiger partial charge < -0.3 is 14.4 Å². The van der Waals surface area contributed by atoms with Crippen LogP contribution >= 0.6 is 0 Å². The molecule has 0 aromatic carbocycles. The van der Waals surface area contributed by atoms with Crippen LogP contribution in [0.1, 0.15) is 12.6 Å². The average Bonchev–Trinajstić information content (AvgIpc) is 2.92. The Labute approximate surface area is 115 Å². The van der Waals surface area contributed by atoms with Gasteiger partial charge in [-0.1, -0.05) is 0 Å². The van der Waals surface area contributed by atoms with Gasteiger partial charge in [-0.15, -0.1) is 0 Å². The standard InChI is InChI=1S/C11H13N3O5S/c12-20(16,17)19-11-9(15)5-10(18-11)14-4-2-7-6-13-3-1-8(7)14/h1-4,6,9-11,15H,5H2,(H2,12,16,17)/t9-,10+,11+/m0/s1. The number of aromatic nitrogens is 2. The Morgan fingerprint density at radius 1 is 1.50 bits per heavy atom. The summed E-state index contributed by atoms with van der Waals surface area (Å²) in [5, 5.41) is 15.5. The molecule has 1 fully saturated rings. The molecule has 0 saturated carbocycles. The lowest BCUT2D eigenvalue weighted by atomic mass is 10.2. The fourth-order valence-electron chi connectivity index (χ4n) is 2.27. The minimum absolute atomic E-state index is 0.201. The molecule has 3 rings (SSSR count). The summed E-state index contributed by atoms with van der Waals surface area (Å²) >= 11 is 0. The zero-order valence-electron chi connectivity index (χ0n) is 10.3. The SMILES string of the molecule is NS(=O)(=O)O[C@H]1O[C@@H](n2ccc3cnccc32)C[C@@H]1O. The molecule has 20 heavy (non-hydrogen) atoms. The lowest BCUT2D eigenvalue weighted by Gasteiger charge is -2.15. The van der Waals surface area contributed by atoms with Crippen molar-refractivity contribution in [2.24, 2.45) is 5.14 Å². The highest BCUT2D eigenvalue weighted by atomic mass is 32.2. The first-order chi connectivity index (χ1) is 9.44. The highest BCUT2D eigenvalue weighted by Gasteiger charge is 2.38. The predicted octanol–water partition coefficient (Wildman–Crippen LogP) is -0.138. The number of hydrogen-bond donors (Lipinski definition) is 2. The van der Waals surface area contributed by atoms with Crippen molar-refractivity contribution in [1.82, 2.24) is 9.55 Å². The Kier molecular flexibility index (Phi) is 3.22. The fraction of sp³-hybridized carbons (Fsp3) is 0.364. The number of hydrogen-bond acceptors (Lipinski definition) is 6. The summed E-state index contributed by atoms with van der Waals surface area (Å²) in [6.07, 6.45) is 2.43. The lowest BCUT2D eigenvalue weighted by Crippen LogP contribution is -2.30. The Morgan fingerprint density at radius 3 is 3.05 bits per heavy atom. The maximum Gasteiger partial charge on any atom is 0.335 e. The number of nitrogens with zero attached hydrogens (tertiary/aromatic N) is 2. The van der Waals surface area contributed by atoms with Crippen LogP contribution in [0.5, 0.6) is 0 Å². The maximum atomic E-state index is 10.9. The molecular weight excluding hydrogens is 286 g/mol. The van der Waals surface area contributed by atoms with Crippen molar-refractivity contribution >= 4 is 21.2 Å². The monoisotopic (exact) mass is 299 g/mol. The number of ether oxygens (including phenoxy) is 1. The lowest BCUT2D eigenvalue weighted by molar-refractivity contribution is -0.121. The molecule has 2 aromatic rings. The van der Waals surface area contributed by atoms with Crippen molar-refractivity contribution in [3.8, 4) is 0 Å². The second-order valence-electron chi connectivity index (χ2n) is 4.51. The molecule has 3 N–H and O–H groups in total. The van der Waals surface area contributed by atoms with Crippen LogP contribution in [-0.2, 0) is 19.2 Å². The van der Waals surface area contributed by atoms with Crippen molar-refractivity contribution in [3.05, 3.63) is 30.7 Å². The molecule has 0 unspecified atom stereocenters. The van der Waals surface area contributed by atoms with Gasteiger partial charge >= 0.3 is 10.3 Å². The van der Waals surface area contributed by atoms with Crippen LogP contribution in [0.25, 0.3) is 10.9 Å². The topological polar surface area (TPSA) is 117 Å². The van der Waals surface area contributed by atoms with E-state index < -0.39 is 28.9 Å². The van der Waals surface area contributed by atoms with Crippen LogP contribution in [0, 0.1) is 0 Å². The summed E-state index contributed by atoms with van der Waals surface area (Å²) in [5.74, 6) is 0. The smallest absolute Gasteiger partial charge is 0.335 e. The van der Waals surface area contributed by atoms with Crippen LogP contribution in [-0.4, -0.2) is 35.5 Å². The van der Waals surface area contributed by atoms with Gasteiger partial charge in [-0.25, -0.2) is 9.32 Å². The molecule has 0 bridgehead atoms. The van der Waals surface area contributed by atoms with Crippen molar-refractivity contribution in [2.75, 3.05) is 0 Å². The zero-order valence-corrected chi connectivity index (χ0v) is 11.1. The second-order valence-corrected chi connectivity index (χ2v) is 5.69. The minimum atomic E-state index is -4.18. The molecule has 3 atom stereocenters. The van der Waals surface area contributed by atoms with E-state index in [1.54, 1.807) is 29.2 Å². The maximum absolute atomic E-state index is 10.9. The average molecular weight is 299 g/mol. The molecule has 0 amide bonds. The molecule has 0 aliphatic carbocycles. The summed E-state index contributed by atoms with van der Waals surface area (Å²) < 4.78 is 33.5. The van der Waals surface area contributed by atoms with Gasteiger partial charge in [0, 0.05) is 30.4 Å². The first-order valence-corrected chi connectivity index (χ1v) is 7.36. The van der Waals surface area contributed by atoms with Gasteiger partial charge in [-0.05, 0) is 12.1 Å². The quantitative estimate of drug-likeness (QED) is 0.815. The van der Waals surface area contributed by atoms with E-state index in [9.17, 15) is 13.5 Å². The number of rotatable bonds is 3. The molecule has 108 valence electrons. The Bertz CT molecular complexity index is 728. The third-order valence-electron chi connectivity index (χ3n) is 3.11. The first kappa shape index (κ1) is 13.5. The molecule has 2 aromatic heterocycles. The molecule has 8 nitrogen and oxygen atoms in total. The molecule has 1 aliphatic rings. The summed E-state index contributed by atoms with van der Waals surface area (Å²) in [4.78, 5) is 4.01.